The van der Waals surface area contributed by atoms with Crippen LogP contribution in [0.25, 0.3) is 0 Å². The van der Waals surface area contributed by atoms with Crippen LogP contribution in [0.1, 0.15) is 27.9 Å². The third-order valence-corrected chi connectivity index (χ3v) is 4.26. The number of benzene rings is 2. The van der Waals surface area contributed by atoms with E-state index < -0.39 is 0 Å². The molecule has 0 saturated heterocycles. The van der Waals surface area contributed by atoms with Gasteiger partial charge in [0.1, 0.15) is 5.82 Å². The highest BCUT2D eigenvalue weighted by Gasteiger charge is 2.06. The first kappa shape index (κ1) is 17.0. The fourth-order valence-corrected chi connectivity index (χ4v) is 2.74. The predicted octanol–water partition coefficient (Wildman–Crippen LogP) is 5.07. The highest BCUT2D eigenvalue weighted by molar-refractivity contribution is 5.61. The van der Waals surface area contributed by atoms with E-state index >= 15 is 0 Å². The molecule has 0 amide bonds. The Morgan fingerprint density at radius 2 is 1.68 bits per heavy atom. The zero-order chi connectivity index (χ0) is 17.8. The first-order valence-corrected chi connectivity index (χ1v) is 8.49. The van der Waals surface area contributed by atoms with E-state index in [2.05, 4.69) is 71.7 Å². The van der Waals surface area contributed by atoms with Gasteiger partial charge in [-0.15, -0.1) is 0 Å². The second-order valence-corrected chi connectivity index (χ2v) is 6.43. The molecule has 0 unspecified atom stereocenters. The number of aromatic nitrogens is 2. The Morgan fingerprint density at radius 1 is 0.880 bits per heavy atom. The zero-order valence-corrected chi connectivity index (χ0v) is 15.2. The zero-order valence-electron chi connectivity index (χ0n) is 15.2. The van der Waals surface area contributed by atoms with Crippen molar-refractivity contribution in [2.75, 3.05) is 10.6 Å². The van der Waals surface area contributed by atoms with Gasteiger partial charge in [0.15, 0.2) is 0 Å². The summed E-state index contributed by atoms with van der Waals surface area (Å²) < 4.78 is 0. The van der Waals surface area contributed by atoms with E-state index in [4.69, 9.17) is 0 Å². The summed E-state index contributed by atoms with van der Waals surface area (Å²) in [7, 11) is 0. The summed E-state index contributed by atoms with van der Waals surface area (Å²) in [4.78, 5) is 9.11. The van der Waals surface area contributed by atoms with E-state index in [1.807, 2.05) is 25.1 Å². The number of hydrogen-bond donors (Lipinski definition) is 2. The summed E-state index contributed by atoms with van der Waals surface area (Å²) in [6.45, 7) is 9.02. The van der Waals surface area contributed by atoms with E-state index in [0.717, 1.165) is 23.7 Å². The minimum Gasteiger partial charge on any atom is -0.366 e. The van der Waals surface area contributed by atoms with Crippen molar-refractivity contribution in [3.8, 4) is 0 Å². The number of rotatable bonds is 5. The van der Waals surface area contributed by atoms with Gasteiger partial charge in [-0.25, -0.2) is 4.98 Å². The standard InChI is InChI=1S/C21H24N4/c1-14-7-5-9-18(11-14)13-22-20-12-16(3)23-21(25-20)24-19-10-6-8-15(2)17(19)4/h5-12H,13H2,1-4H3,(H2,22,23,24,25). The van der Waals surface area contributed by atoms with Crippen LogP contribution >= 0.6 is 0 Å². The smallest absolute Gasteiger partial charge is 0.229 e. The molecule has 0 fully saturated rings. The Balaban J connectivity index is 1.77. The number of hydrogen-bond acceptors (Lipinski definition) is 4. The van der Waals surface area contributed by atoms with Crippen LogP contribution in [0, 0.1) is 27.7 Å². The van der Waals surface area contributed by atoms with Gasteiger partial charge in [-0.2, -0.15) is 4.98 Å². The second-order valence-electron chi connectivity index (χ2n) is 6.43. The van der Waals surface area contributed by atoms with E-state index in [1.165, 1.54) is 22.3 Å². The monoisotopic (exact) mass is 332 g/mol. The SMILES string of the molecule is Cc1cccc(CNc2cc(C)nc(Nc3cccc(C)c3C)n2)c1. The van der Waals surface area contributed by atoms with Crippen molar-refractivity contribution in [2.24, 2.45) is 0 Å². The largest absolute Gasteiger partial charge is 0.366 e. The minimum absolute atomic E-state index is 0.612. The van der Waals surface area contributed by atoms with Gasteiger partial charge in [-0.3, -0.25) is 0 Å². The Hall–Kier alpha value is -2.88. The molecule has 25 heavy (non-hydrogen) atoms. The van der Waals surface area contributed by atoms with E-state index in [1.54, 1.807) is 0 Å². The molecule has 1 heterocycles. The van der Waals surface area contributed by atoms with Gasteiger partial charge < -0.3 is 10.6 Å². The Kier molecular flexibility index (Phi) is 4.98. The molecule has 3 aromatic rings. The maximum absolute atomic E-state index is 4.60. The molecule has 3 rings (SSSR count). The van der Waals surface area contributed by atoms with Crippen molar-refractivity contribution in [1.82, 2.24) is 9.97 Å². The van der Waals surface area contributed by atoms with Gasteiger partial charge in [0.25, 0.3) is 0 Å². The van der Waals surface area contributed by atoms with Crippen LogP contribution < -0.4 is 10.6 Å². The van der Waals surface area contributed by atoms with E-state index in [0.29, 0.717) is 5.95 Å². The quantitative estimate of drug-likeness (QED) is 0.685. The lowest BCUT2D eigenvalue weighted by Gasteiger charge is -2.12. The van der Waals surface area contributed by atoms with Gasteiger partial charge in [0.2, 0.25) is 5.95 Å². The molecule has 0 saturated carbocycles. The number of nitrogens with zero attached hydrogens (tertiary/aromatic N) is 2. The van der Waals surface area contributed by atoms with Gasteiger partial charge in [0, 0.05) is 24.0 Å². The molecule has 0 spiro atoms. The molecule has 4 heteroatoms. The fourth-order valence-electron chi connectivity index (χ4n) is 2.74. The summed E-state index contributed by atoms with van der Waals surface area (Å²) in [5.74, 6) is 1.43. The van der Waals surface area contributed by atoms with Crippen molar-refractivity contribution in [2.45, 2.75) is 34.2 Å². The molecule has 0 aliphatic heterocycles. The highest BCUT2D eigenvalue weighted by Crippen LogP contribution is 2.22. The first-order valence-electron chi connectivity index (χ1n) is 8.49. The average Bonchev–Trinajstić information content (AvgIpc) is 2.57. The van der Waals surface area contributed by atoms with Gasteiger partial charge in [-0.1, -0.05) is 42.0 Å². The maximum atomic E-state index is 4.60. The topological polar surface area (TPSA) is 49.8 Å². The molecule has 0 atom stereocenters. The maximum Gasteiger partial charge on any atom is 0.229 e. The molecule has 128 valence electrons. The molecule has 0 radical (unpaired) electrons. The molecule has 2 aromatic carbocycles. The van der Waals surface area contributed by atoms with Crippen LogP contribution in [0.15, 0.2) is 48.5 Å². The normalized spacial score (nSPS) is 10.6. The van der Waals surface area contributed by atoms with Crippen LogP contribution in [-0.4, -0.2) is 9.97 Å². The number of aryl methyl sites for hydroxylation is 3. The minimum atomic E-state index is 0.612. The lowest BCUT2D eigenvalue weighted by Crippen LogP contribution is -2.06. The molecular formula is C21H24N4. The summed E-state index contributed by atoms with van der Waals surface area (Å²) in [5.41, 5.74) is 6.91. The van der Waals surface area contributed by atoms with Crippen molar-refractivity contribution in [3.05, 3.63) is 76.5 Å². The third kappa shape index (κ3) is 4.35. The first-order chi connectivity index (χ1) is 12.0. The molecule has 2 N–H and O–H groups in total. The van der Waals surface area contributed by atoms with Crippen molar-refractivity contribution in [3.63, 3.8) is 0 Å². The fraction of sp³-hybridized carbons (Fsp3) is 0.238. The molecule has 0 aliphatic carbocycles. The Morgan fingerprint density at radius 3 is 2.48 bits per heavy atom. The van der Waals surface area contributed by atoms with Crippen LogP contribution in [0.3, 0.4) is 0 Å². The Labute approximate surface area is 149 Å². The lowest BCUT2D eigenvalue weighted by molar-refractivity contribution is 1.05. The molecule has 0 bridgehead atoms. The predicted molar refractivity (Wildman–Crippen MR) is 104 cm³/mol. The summed E-state index contributed by atoms with van der Waals surface area (Å²) >= 11 is 0. The average molecular weight is 332 g/mol. The second kappa shape index (κ2) is 7.34. The summed E-state index contributed by atoms with van der Waals surface area (Å²) in [5, 5.41) is 6.73. The Bertz CT molecular complexity index is 887. The molecule has 4 nitrogen and oxygen atoms in total. The number of nitrogens with one attached hydrogen (secondary N) is 2. The van der Waals surface area contributed by atoms with Gasteiger partial charge in [-0.05, 0) is 50.5 Å². The van der Waals surface area contributed by atoms with Gasteiger partial charge >= 0.3 is 0 Å². The van der Waals surface area contributed by atoms with Crippen molar-refractivity contribution < 1.29 is 0 Å². The van der Waals surface area contributed by atoms with E-state index in [9.17, 15) is 0 Å². The summed E-state index contributed by atoms with van der Waals surface area (Å²) in [6, 6.07) is 16.6. The highest BCUT2D eigenvalue weighted by atomic mass is 15.1. The van der Waals surface area contributed by atoms with Crippen molar-refractivity contribution >= 4 is 17.5 Å². The van der Waals surface area contributed by atoms with Crippen LogP contribution in [0.5, 0.6) is 0 Å². The lowest BCUT2D eigenvalue weighted by atomic mass is 10.1. The number of anilines is 3. The van der Waals surface area contributed by atoms with Crippen LogP contribution in [0.4, 0.5) is 17.5 Å². The van der Waals surface area contributed by atoms with Crippen LogP contribution in [0.2, 0.25) is 0 Å². The van der Waals surface area contributed by atoms with Gasteiger partial charge in [0.05, 0.1) is 0 Å². The van der Waals surface area contributed by atoms with Crippen LogP contribution in [-0.2, 0) is 6.54 Å². The van der Waals surface area contributed by atoms with Crippen molar-refractivity contribution in [1.29, 1.82) is 0 Å². The molecular weight excluding hydrogens is 308 g/mol. The molecule has 0 aliphatic rings. The summed E-state index contributed by atoms with van der Waals surface area (Å²) in [6.07, 6.45) is 0. The molecule has 1 aromatic heterocycles. The third-order valence-electron chi connectivity index (χ3n) is 4.26. The van der Waals surface area contributed by atoms with E-state index in [-0.39, 0.29) is 0 Å².